The zero-order valence-electron chi connectivity index (χ0n) is 13.2. The first-order valence-corrected chi connectivity index (χ1v) is 7.16. The molecule has 0 aliphatic rings. The van der Waals surface area contributed by atoms with Gasteiger partial charge in [-0.1, -0.05) is 12.1 Å². The predicted molar refractivity (Wildman–Crippen MR) is 84.3 cm³/mol. The molecule has 2 unspecified atom stereocenters. The van der Waals surface area contributed by atoms with Gasteiger partial charge in [0.05, 0.1) is 13.2 Å². The van der Waals surface area contributed by atoms with Crippen LogP contribution in [0.15, 0.2) is 40.8 Å². The molecule has 4 nitrogen and oxygen atoms in total. The van der Waals surface area contributed by atoms with E-state index in [1.54, 1.807) is 7.11 Å². The van der Waals surface area contributed by atoms with Crippen LogP contribution in [0.5, 0.6) is 5.75 Å². The second kappa shape index (κ2) is 6.78. The van der Waals surface area contributed by atoms with Crippen LogP contribution in [0.4, 0.5) is 0 Å². The number of hydrogen-bond donors (Lipinski definition) is 1. The lowest BCUT2D eigenvalue weighted by Crippen LogP contribution is -2.36. The Hall–Kier alpha value is -1.78. The topological polar surface area (TPSA) is 51.6 Å². The molecular formula is C17H24N2O2. The van der Waals surface area contributed by atoms with Crippen molar-refractivity contribution in [3.05, 3.63) is 53.5 Å². The number of rotatable bonds is 6. The van der Waals surface area contributed by atoms with Crippen molar-refractivity contribution in [3.63, 3.8) is 0 Å². The normalized spacial score (nSPS) is 14.2. The Morgan fingerprint density at radius 2 is 2.05 bits per heavy atom. The maximum Gasteiger partial charge on any atom is 0.122 e. The summed E-state index contributed by atoms with van der Waals surface area (Å²) in [6.07, 6.45) is 0. The Balaban J connectivity index is 2.17. The fourth-order valence-electron chi connectivity index (χ4n) is 2.65. The Bertz CT molecular complexity index is 578. The number of aryl methyl sites for hydroxylation is 1. The van der Waals surface area contributed by atoms with Crippen LogP contribution in [0, 0.1) is 6.92 Å². The molecule has 4 heteroatoms. The van der Waals surface area contributed by atoms with Crippen LogP contribution >= 0.6 is 0 Å². The van der Waals surface area contributed by atoms with E-state index in [-0.39, 0.29) is 12.1 Å². The largest absolute Gasteiger partial charge is 0.497 e. The second-order valence-corrected chi connectivity index (χ2v) is 5.52. The van der Waals surface area contributed by atoms with Crippen LogP contribution in [-0.4, -0.2) is 25.1 Å². The van der Waals surface area contributed by atoms with Gasteiger partial charge in [-0.05, 0) is 50.7 Å². The molecule has 1 aromatic carbocycles. The standard InChI is InChI=1S/C17H24N2O2/c1-12-8-9-16(21-12)17(13(2)18)19(3)11-14-6-5-7-15(10-14)20-4/h5-10,13,17H,11,18H2,1-4H3. The van der Waals surface area contributed by atoms with Crippen molar-refractivity contribution in [3.8, 4) is 5.75 Å². The SMILES string of the molecule is COc1cccc(CN(C)C(c2ccc(C)o2)C(C)N)c1. The van der Waals surface area contributed by atoms with Crippen molar-refractivity contribution >= 4 is 0 Å². The minimum Gasteiger partial charge on any atom is -0.497 e. The maximum absolute atomic E-state index is 6.16. The smallest absolute Gasteiger partial charge is 0.122 e. The molecule has 0 saturated carbocycles. The predicted octanol–water partition coefficient (Wildman–Crippen LogP) is 3.12. The average molecular weight is 288 g/mol. The number of ether oxygens (including phenoxy) is 1. The molecule has 2 N–H and O–H groups in total. The lowest BCUT2D eigenvalue weighted by Gasteiger charge is -2.29. The van der Waals surface area contributed by atoms with E-state index in [2.05, 4.69) is 18.0 Å². The van der Waals surface area contributed by atoms with E-state index >= 15 is 0 Å². The molecule has 0 saturated heterocycles. The molecule has 0 radical (unpaired) electrons. The molecule has 1 heterocycles. The first-order chi connectivity index (χ1) is 10.0. The molecule has 0 amide bonds. The molecule has 2 atom stereocenters. The molecule has 0 aliphatic heterocycles. The lowest BCUT2D eigenvalue weighted by molar-refractivity contribution is 0.182. The van der Waals surface area contributed by atoms with Crippen molar-refractivity contribution in [1.82, 2.24) is 4.90 Å². The summed E-state index contributed by atoms with van der Waals surface area (Å²) in [6.45, 7) is 4.73. The zero-order valence-corrected chi connectivity index (χ0v) is 13.2. The van der Waals surface area contributed by atoms with E-state index in [1.807, 2.05) is 44.2 Å². The molecule has 0 fully saturated rings. The van der Waals surface area contributed by atoms with Gasteiger partial charge in [0.25, 0.3) is 0 Å². The Morgan fingerprint density at radius 1 is 1.29 bits per heavy atom. The van der Waals surface area contributed by atoms with Crippen LogP contribution in [0.2, 0.25) is 0 Å². The summed E-state index contributed by atoms with van der Waals surface area (Å²) >= 11 is 0. The highest BCUT2D eigenvalue weighted by atomic mass is 16.5. The summed E-state index contributed by atoms with van der Waals surface area (Å²) in [4.78, 5) is 2.21. The third kappa shape index (κ3) is 3.86. The molecule has 1 aromatic heterocycles. The summed E-state index contributed by atoms with van der Waals surface area (Å²) in [5.74, 6) is 2.69. The Kier molecular flexibility index (Phi) is 5.04. The van der Waals surface area contributed by atoms with Crippen molar-refractivity contribution in [2.24, 2.45) is 5.73 Å². The molecule has 2 rings (SSSR count). The lowest BCUT2D eigenvalue weighted by atomic mass is 10.1. The van der Waals surface area contributed by atoms with Crippen LogP contribution in [0.25, 0.3) is 0 Å². The summed E-state index contributed by atoms with van der Waals surface area (Å²) in [6, 6.07) is 12.1. The van der Waals surface area contributed by atoms with E-state index in [4.69, 9.17) is 14.9 Å². The van der Waals surface area contributed by atoms with Gasteiger partial charge in [-0.2, -0.15) is 0 Å². The van der Waals surface area contributed by atoms with Gasteiger partial charge >= 0.3 is 0 Å². The van der Waals surface area contributed by atoms with Gasteiger partial charge in [-0.25, -0.2) is 0 Å². The van der Waals surface area contributed by atoms with E-state index in [0.29, 0.717) is 0 Å². The van der Waals surface area contributed by atoms with Gasteiger partial charge in [0, 0.05) is 12.6 Å². The monoisotopic (exact) mass is 288 g/mol. The van der Waals surface area contributed by atoms with Gasteiger partial charge < -0.3 is 14.9 Å². The van der Waals surface area contributed by atoms with Gasteiger partial charge in [-0.15, -0.1) is 0 Å². The van der Waals surface area contributed by atoms with Gasteiger partial charge in [0.1, 0.15) is 17.3 Å². The van der Waals surface area contributed by atoms with Gasteiger partial charge in [0.15, 0.2) is 0 Å². The molecule has 0 bridgehead atoms. The highest BCUT2D eigenvalue weighted by Gasteiger charge is 2.24. The highest BCUT2D eigenvalue weighted by molar-refractivity contribution is 5.28. The van der Waals surface area contributed by atoms with E-state index in [9.17, 15) is 0 Å². The van der Waals surface area contributed by atoms with E-state index < -0.39 is 0 Å². The summed E-state index contributed by atoms with van der Waals surface area (Å²) < 4.78 is 11.0. The third-order valence-electron chi connectivity index (χ3n) is 3.59. The van der Waals surface area contributed by atoms with Gasteiger partial charge in [0.2, 0.25) is 0 Å². The average Bonchev–Trinajstić information content (AvgIpc) is 2.84. The quantitative estimate of drug-likeness (QED) is 0.887. The first-order valence-electron chi connectivity index (χ1n) is 7.16. The third-order valence-corrected chi connectivity index (χ3v) is 3.59. The molecule has 0 spiro atoms. The van der Waals surface area contributed by atoms with E-state index in [0.717, 1.165) is 23.8 Å². The number of nitrogens with two attached hydrogens (primary N) is 1. The zero-order chi connectivity index (χ0) is 15.4. The van der Waals surface area contributed by atoms with Crippen molar-refractivity contribution in [1.29, 1.82) is 0 Å². The number of nitrogens with zero attached hydrogens (tertiary/aromatic N) is 1. The second-order valence-electron chi connectivity index (χ2n) is 5.52. The minimum atomic E-state index is -0.0221. The minimum absolute atomic E-state index is 0.0221. The summed E-state index contributed by atoms with van der Waals surface area (Å²) in [5, 5.41) is 0. The van der Waals surface area contributed by atoms with Crippen LogP contribution in [0.3, 0.4) is 0 Å². The Labute approximate surface area is 126 Å². The number of benzene rings is 1. The summed E-state index contributed by atoms with van der Waals surface area (Å²) in [7, 11) is 3.74. The molecule has 0 aliphatic carbocycles. The van der Waals surface area contributed by atoms with Crippen LogP contribution in [0.1, 0.15) is 30.0 Å². The van der Waals surface area contributed by atoms with E-state index in [1.165, 1.54) is 5.56 Å². The van der Waals surface area contributed by atoms with Gasteiger partial charge in [-0.3, -0.25) is 4.90 Å². The molecule has 21 heavy (non-hydrogen) atoms. The molecule has 2 aromatic rings. The fraction of sp³-hybridized carbons (Fsp3) is 0.412. The maximum atomic E-state index is 6.16. The van der Waals surface area contributed by atoms with Crippen LogP contribution in [-0.2, 0) is 6.54 Å². The van der Waals surface area contributed by atoms with Crippen LogP contribution < -0.4 is 10.5 Å². The number of hydrogen-bond acceptors (Lipinski definition) is 4. The van der Waals surface area contributed by atoms with Crippen molar-refractivity contribution in [2.75, 3.05) is 14.2 Å². The van der Waals surface area contributed by atoms with Crippen molar-refractivity contribution in [2.45, 2.75) is 32.5 Å². The Morgan fingerprint density at radius 3 is 2.62 bits per heavy atom. The summed E-state index contributed by atoms with van der Waals surface area (Å²) in [5.41, 5.74) is 7.35. The number of likely N-dealkylation sites (N-methyl/N-ethyl adjacent to an activating group) is 1. The number of methoxy groups -OCH3 is 1. The fourth-order valence-corrected chi connectivity index (χ4v) is 2.65. The highest BCUT2D eigenvalue weighted by Crippen LogP contribution is 2.26. The first kappa shape index (κ1) is 15.6. The molecule has 114 valence electrons. The van der Waals surface area contributed by atoms with Crippen molar-refractivity contribution < 1.29 is 9.15 Å². The number of furan rings is 1. The molecular weight excluding hydrogens is 264 g/mol.